The average molecular weight is 581 g/mol. The van der Waals surface area contributed by atoms with Crippen LogP contribution >= 0.6 is 25.3 Å². The van der Waals surface area contributed by atoms with Gasteiger partial charge in [0, 0.05) is 37.2 Å². The third kappa shape index (κ3) is 25.1. The number of carboxylic acids is 5. The van der Waals surface area contributed by atoms with Crippen molar-refractivity contribution >= 4 is 66.5 Å². The van der Waals surface area contributed by atoms with Gasteiger partial charge in [-0.2, -0.15) is 25.3 Å². The lowest BCUT2D eigenvalue weighted by Gasteiger charge is -2.27. The fourth-order valence-electron chi connectivity index (χ4n) is 2.41. The molecule has 0 amide bonds. The van der Waals surface area contributed by atoms with Crippen LogP contribution in [0.25, 0.3) is 0 Å². The quantitative estimate of drug-likeness (QED) is 0.0573. The Morgan fingerprint density at radius 3 is 1.22 bits per heavy atom. The molecule has 0 saturated heterocycles. The zero-order valence-corrected chi connectivity index (χ0v) is 21.6. The lowest BCUT2D eigenvalue weighted by atomic mass is 10.3. The van der Waals surface area contributed by atoms with Gasteiger partial charge in [-0.25, -0.2) is 4.21 Å². The van der Waals surface area contributed by atoms with E-state index in [-0.39, 0.29) is 38.0 Å². The second-order valence-electron chi connectivity index (χ2n) is 6.99. The SMILES string of the molecule is O=C(O)CN(CCN(CC(=O)O)CC(=O)O)CCN(CC(=O)O)CC(=O)O.O=S([O-])OCC(S)CS. The van der Waals surface area contributed by atoms with E-state index in [1.807, 2.05) is 0 Å². The first-order valence-electron chi connectivity index (χ1n) is 9.93. The van der Waals surface area contributed by atoms with E-state index in [1.165, 1.54) is 4.90 Å². The standard InChI is InChI=1S/C14H23N3O10.C3H8O3S3/c18-10(19)5-15(1-3-16(6-11(20)21)7-12(22)23)2-4-17(8-13(24)25)9-14(26)27;4-9(5)6-1-3(8)2-7/h1-9H2,(H,18,19)(H,20,21)(H,22,23)(H,24,25)(H,26,27);3,7-8H,1-2H2,(H,4,5)/p-1. The van der Waals surface area contributed by atoms with Crippen molar-refractivity contribution in [3.8, 4) is 0 Å². The first kappa shape index (κ1) is 36.2. The maximum absolute atomic E-state index is 11.0. The highest BCUT2D eigenvalue weighted by molar-refractivity contribution is 7.84. The van der Waals surface area contributed by atoms with Crippen LogP contribution in [0, 0.1) is 0 Å². The van der Waals surface area contributed by atoms with Gasteiger partial charge in [0.2, 0.25) is 0 Å². The Morgan fingerprint density at radius 1 is 0.694 bits per heavy atom. The molecule has 0 aromatic carbocycles. The molecule has 19 heteroatoms. The van der Waals surface area contributed by atoms with Crippen LogP contribution in [-0.4, -0.2) is 155 Å². The van der Waals surface area contributed by atoms with E-state index in [0.717, 1.165) is 9.80 Å². The van der Waals surface area contributed by atoms with Crippen molar-refractivity contribution < 1.29 is 62.5 Å². The lowest BCUT2D eigenvalue weighted by molar-refractivity contribution is -0.143. The number of nitrogens with zero attached hydrogens (tertiary/aromatic N) is 3. The molecule has 0 aromatic rings. The second-order valence-corrected chi connectivity index (χ2v) is 8.73. The van der Waals surface area contributed by atoms with Gasteiger partial charge in [0.15, 0.2) is 0 Å². The fraction of sp³-hybridized carbons (Fsp3) is 0.706. The summed E-state index contributed by atoms with van der Waals surface area (Å²) >= 11 is 5.37. The first-order chi connectivity index (χ1) is 16.7. The normalized spacial score (nSPS) is 12.6. The van der Waals surface area contributed by atoms with Gasteiger partial charge in [-0.15, -0.1) is 0 Å². The topological polar surface area (TPSA) is 246 Å². The van der Waals surface area contributed by atoms with Crippen LogP contribution in [0.3, 0.4) is 0 Å². The molecule has 0 rings (SSSR count). The minimum Gasteiger partial charge on any atom is -0.750 e. The van der Waals surface area contributed by atoms with E-state index in [4.69, 9.17) is 25.5 Å². The zero-order valence-electron chi connectivity index (χ0n) is 19.0. The highest BCUT2D eigenvalue weighted by atomic mass is 32.2. The van der Waals surface area contributed by atoms with Crippen molar-refractivity contribution in [2.75, 3.05) is 71.3 Å². The maximum atomic E-state index is 11.0. The van der Waals surface area contributed by atoms with Crippen LogP contribution in [0.15, 0.2) is 0 Å². The zero-order chi connectivity index (χ0) is 28.3. The van der Waals surface area contributed by atoms with Gasteiger partial charge in [0.1, 0.15) is 0 Å². The summed E-state index contributed by atoms with van der Waals surface area (Å²) in [7, 11) is 0. The van der Waals surface area contributed by atoms with E-state index >= 15 is 0 Å². The van der Waals surface area contributed by atoms with Crippen molar-refractivity contribution in [2.24, 2.45) is 0 Å². The van der Waals surface area contributed by atoms with E-state index in [9.17, 15) is 32.7 Å². The summed E-state index contributed by atoms with van der Waals surface area (Å²) < 4.78 is 23.7. The van der Waals surface area contributed by atoms with Crippen LogP contribution in [0.4, 0.5) is 0 Å². The molecule has 0 radical (unpaired) electrons. The van der Waals surface area contributed by atoms with Crippen molar-refractivity contribution in [3.63, 3.8) is 0 Å². The van der Waals surface area contributed by atoms with Gasteiger partial charge in [0.05, 0.1) is 50.7 Å². The minimum atomic E-state index is -2.42. The average Bonchev–Trinajstić information content (AvgIpc) is 2.72. The Balaban J connectivity index is 0. The molecule has 36 heavy (non-hydrogen) atoms. The van der Waals surface area contributed by atoms with E-state index in [2.05, 4.69) is 29.4 Å². The number of hydrogen-bond acceptors (Lipinski definition) is 13. The summed E-state index contributed by atoms with van der Waals surface area (Å²) in [5.41, 5.74) is 0. The predicted octanol–water partition coefficient (Wildman–Crippen LogP) is -2.66. The highest BCUT2D eigenvalue weighted by Crippen LogP contribution is 1.98. The number of hydrogen-bond donors (Lipinski definition) is 7. The molecular formula is C17H30N3O13S3-. The molecule has 0 spiro atoms. The van der Waals surface area contributed by atoms with E-state index in [0.29, 0.717) is 5.75 Å². The molecule has 0 bridgehead atoms. The smallest absolute Gasteiger partial charge is 0.317 e. The molecule has 2 atom stereocenters. The predicted molar refractivity (Wildman–Crippen MR) is 129 cm³/mol. The molecule has 5 N–H and O–H groups in total. The molecule has 0 aliphatic heterocycles. The molecule has 0 aromatic heterocycles. The Bertz CT molecular complexity index is 672. The molecular weight excluding hydrogens is 550 g/mol. The third-order valence-electron chi connectivity index (χ3n) is 3.83. The second kappa shape index (κ2) is 21.1. The molecule has 0 heterocycles. The molecule has 2 unspecified atom stereocenters. The summed E-state index contributed by atoms with van der Waals surface area (Å²) in [5, 5.41) is 44.0. The number of rotatable bonds is 20. The summed E-state index contributed by atoms with van der Waals surface area (Å²) in [6, 6.07) is 0. The minimum absolute atomic E-state index is 0.000836. The van der Waals surface area contributed by atoms with Crippen LogP contribution < -0.4 is 0 Å². The van der Waals surface area contributed by atoms with Gasteiger partial charge in [-0.3, -0.25) is 42.9 Å². The molecule has 210 valence electrons. The Hall–Kier alpha value is -2.00. The van der Waals surface area contributed by atoms with E-state index < -0.39 is 73.9 Å². The monoisotopic (exact) mass is 580 g/mol. The summed E-state index contributed by atoms with van der Waals surface area (Å²) in [6.07, 6.45) is 0. The van der Waals surface area contributed by atoms with Crippen LogP contribution in [0.1, 0.15) is 0 Å². The molecule has 0 aliphatic rings. The fourth-order valence-corrected chi connectivity index (χ4v) is 2.96. The molecule has 0 saturated carbocycles. The van der Waals surface area contributed by atoms with Crippen LogP contribution in [0.5, 0.6) is 0 Å². The molecule has 16 nitrogen and oxygen atoms in total. The van der Waals surface area contributed by atoms with Crippen molar-refractivity contribution in [1.82, 2.24) is 14.7 Å². The largest absolute Gasteiger partial charge is 0.750 e. The number of carbonyl (C=O) groups is 5. The summed E-state index contributed by atoms with van der Waals surface area (Å²) in [6.45, 7) is -2.65. The van der Waals surface area contributed by atoms with Gasteiger partial charge in [-0.1, -0.05) is 0 Å². The lowest BCUT2D eigenvalue weighted by Crippen LogP contribution is -2.45. The van der Waals surface area contributed by atoms with Gasteiger partial charge in [0.25, 0.3) is 0 Å². The third-order valence-corrected chi connectivity index (χ3v) is 5.22. The van der Waals surface area contributed by atoms with E-state index in [1.54, 1.807) is 0 Å². The Morgan fingerprint density at radius 2 is 0.972 bits per heavy atom. The highest BCUT2D eigenvalue weighted by Gasteiger charge is 2.19. The molecule has 0 aliphatic carbocycles. The number of carboxylic acid groups (broad SMARTS) is 5. The number of aliphatic carboxylic acids is 5. The Labute approximate surface area is 220 Å². The maximum Gasteiger partial charge on any atom is 0.317 e. The summed E-state index contributed by atoms with van der Waals surface area (Å²) in [5.74, 6) is -5.66. The Kier molecular flexibility index (Phi) is 21.2. The van der Waals surface area contributed by atoms with Gasteiger partial charge >= 0.3 is 29.8 Å². The van der Waals surface area contributed by atoms with Crippen LogP contribution in [0.2, 0.25) is 0 Å². The van der Waals surface area contributed by atoms with Crippen molar-refractivity contribution in [3.05, 3.63) is 0 Å². The van der Waals surface area contributed by atoms with Gasteiger partial charge < -0.3 is 30.1 Å². The van der Waals surface area contributed by atoms with Gasteiger partial charge in [-0.05, 0) is 0 Å². The summed E-state index contributed by atoms with van der Waals surface area (Å²) in [4.78, 5) is 57.6. The van der Waals surface area contributed by atoms with Crippen molar-refractivity contribution in [2.45, 2.75) is 5.25 Å². The first-order valence-corrected chi connectivity index (χ1v) is 12.1. The molecule has 0 fully saturated rings. The van der Waals surface area contributed by atoms with Crippen LogP contribution in [-0.2, 0) is 39.5 Å². The van der Waals surface area contributed by atoms with Crippen molar-refractivity contribution in [1.29, 1.82) is 0 Å². The number of thiol groups is 2.